The number of piperidine rings is 1. The zero-order valence-corrected chi connectivity index (χ0v) is 15.5. The quantitative estimate of drug-likeness (QED) is 0.904. The van der Waals surface area contributed by atoms with Crippen LogP contribution < -0.4 is 5.32 Å². The fraction of sp³-hybridized carbons (Fsp3) is 0.556. The van der Waals surface area contributed by atoms with Gasteiger partial charge < -0.3 is 10.2 Å². The minimum Gasteiger partial charge on any atom is -0.330 e. The summed E-state index contributed by atoms with van der Waals surface area (Å²) in [5.74, 6) is 0.0126. The summed E-state index contributed by atoms with van der Waals surface area (Å²) in [5.41, 5.74) is 0.544. The summed E-state index contributed by atoms with van der Waals surface area (Å²) < 4.78 is 1.95. The Balaban J connectivity index is 1.73. The van der Waals surface area contributed by atoms with Crippen molar-refractivity contribution in [1.82, 2.24) is 20.0 Å². The number of thiophene rings is 1. The van der Waals surface area contributed by atoms with Gasteiger partial charge in [0.2, 0.25) is 0 Å². The molecule has 130 valence electrons. The smallest absolute Gasteiger partial charge is 0.274 e. The van der Waals surface area contributed by atoms with Crippen molar-refractivity contribution in [2.75, 3.05) is 13.1 Å². The number of carbonyl (C=O) groups is 1. The third-order valence-electron chi connectivity index (χ3n) is 4.48. The van der Waals surface area contributed by atoms with Crippen molar-refractivity contribution in [3.8, 4) is 0 Å². The fourth-order valence-electron chi connectivity index (χ4n) is 3.09. The second kappa shape index (κ2) is 7.49. The normalized spacial score (nSPS) is 18.1. The minimum atomic E-state index is 0.0126. The molecule has 1 fully saturated rings. The molecule has 1 aliphatic heterocycles. The Kier molecular flexibility index (Phi) is 5.36. The molecule has 1 amide bonds. The molecule has 1 aliphatic rings. The van der Waals surface area contributed by atoms with E-state index in [0.717, 1.165) is 25.9 Å². The van der Waals surface area contributed by atoms with Crippen LogP contribution in [0.15, 0.2) is 24.4 Å². The number of aryl methyl sites for hydroxylation is 1. The van der Waals surface area contributed by atoms with E-state index in [0.29, 0.717) is 18.3 Å². The van der Waals surface area contributed by atoms with E-state index in [1.807, 2.05) is 21.8 Å². The van der Waals surface area contributed by atoms with Gasteiger partial charge in [0.05, 0.1) is 12.6 Å². The second-order valence-corrected chi connectivity index (χ2v) is 8.09. The van der Waals surface area contributed by atoms with Crippen molar-refractivity contribution in [2.45, 2.75) is 52.2 Å². The Bertz CT molecular complexity index is 685. The maximum atomic E-state index is 12.9. The Labute approximate surface area is 147 Å². The summed E-state index contributed by atoms with van der Waals surface area (Å²) in [5, 5.41) is 7.97. The largest absolute Gasteiger partial charge is 0.330 e. The average Bonchev–Trinajstić information content (AvgIpc) is 3.22. The van der Waals surface area contributed by atoms with E-state index in [-0.39, 0.29) is 11.9 Å². The Morgan fingerprint density at radius 2 is 2.29 bits per heavy atom. The van der Waals surface area contributed by atoms with Crippen LogP contribution in [-0.2, 0) is 6.54 Å². The molecule has 3 heterocycles. The lowest BCUT2D eigenvalue weighted by atomic mass is 10.1. The van der Waals surface area contributed by atoms with Gasteiger partial charge in [0.15, 0.2) is 0 Å². The van der Waals surface area contributed by atoms with Crippen LogP contribution in [0.4, 0.5) is 0 Å². The maximum absolute atomic E-state index is 12.9. The molecular formula is C18H26N4OS. The highest BCUT2D eigenvalue weighted by atomic mass is 32.1. The van der Waals surface area contributed by atoms with Gasteiger partial charge in [-0.05, 0) is 58.4 Å². The third-order valence-corrected chi connectivity index (χ3v) is 5.46. The standard InChI is InChI=1S/C18H26N4OS/c1-13(2)21(12-16-7-6-14(3)24-16)18(23)17-8-10-22(20-17)15-5-4-9-19-11-15/h6-8,10,13,15,19H,4-5,9,11-12H2,1-3H3. The molecule has 2 aromatic rings. The van der Waals surface area contributed by atoms with E-state index in [2.05, 4.69) is 43.3 Å². The molecule has 0 aromatic carbocycles. The number of amides is 1. The van der Waals surface area contributed by atoms with E-state index >= 15 is 0 Å². The molecule has 0 spiro atoms. The van der Waals surface area contributed by atoms with E-state index < -0.39 is 0 Å². The lowest BCUT2D eigenvalue weighted by molar-refractivity contribution is 0.0685. The third kappa shape index (κ3) is 3.87. The summed E-state index contributed by atoms with van der Waals surface area (Å²) in [6, 6.07) is 6.56. The Morgan fingerprint density at radius 1 is 1.46 bits per heavy atom. The van der Waals surface area contributed by atoms with Gasteiger partial charge in [-0.25, -0.2) is 0 Å². The number of aromatic nitrogens is 2. The van der Waals surface area contributed by atoms with Crippen molar-refractivity contribution in [3.63, 3.8) is 0 Å². The van der Waals surface area contributed by atoms with Crippen LogP contribution in [0.1, 0.15) is 53.0 Å². The van der Waals surface area contributed by atoms with Gasteiger partial charge >= 0.3 is 0 Å². The first-order valence-electron chi connectivity index (χ1n) is 8.66. The van der Waals surface area contributed by atoms with Gasteiger partial charge in [-0.2, -0.15) is 5.10 Å². The average molecular weight is 347 g/mol. The van der Waals surface area contributed by atoms with Crippen molar-refractivity contribution in [2.24, 2.45) is 0 Å². The molecule has 6 heteroatoms. The predicted octanol–water partition coefficient (Wildman–Crippen LogP) is 3.23. The SMILES string of the molecule is Cc1ccc(CN(C(=O)c2ccn(C3CCCNC3)n2)C(C)C)s1. The van der Waals surface area contributed by atoms with Crippen LogP contribution in [0, 0.1) is 6.92 Å². The van der Waals surface area contributed by atoms with Gasteiger partial charge in [0.1, 0.15) is 5.69 Å². The van der Waals surface area contributed by atoms with E-state index in [4.69, 9.17) is 0 Å². The second-order valence-electron chi connectivity index (χ2n) is 6.72. The predicted molar refractivity (Wildman–Crippen MR) is 97.4 cm³/mol. The Morgan fingerprint density at radius 3 is 2.92 bits per heavy atom. The molecule has 0 bridgehead atoms. The van der Waals surface area contributed by atoms with Crippen molar-refractivity contribution >= 4 is 17.2 Å². The number of rotatable bonds is 5. The monoisotopic (exact) mass is 346 g/mol. The summed E-state index contributed by atoms with van der Waals surface area (Å²) in [6.45, 7) is 8.85. The summed E-state index contributed by atoms with van der Waals surface area (Å²) >= 11 is 1.75. The van der Waals surface area contributed by atoms with Gasteiger partial charge in [-0.3, -0.25) is 9.48 Å². The minimum absolute atomic E-state index is 0.0126. The topological polar surface area (TPSA) is 50.2 Å². The van der Waals surface area contributed by atoms with Crippen LogP contribution in [0.5, 0.6) is 0 Å². The zero-order valence-electron chi connectivity index (χ0n) is 14.7. The maximum Gasteiger partial charge on any atom is 0.274 e. The van der Waals surface area contributed by atoms with Crippen LogP contribution in [0.3, 0.4) is 0 Å². The summed E-state index contributed by atoms with van der Waals surface area (Å²) in [6.07, 6.45) is 4.22. The van der Waals surface area contributed by atoms with E-state index in [1.54, 1.807) is 11.3 Å². The molecule has 2 aromatic heterocycles. The molecule has 1 saturated heterocycles. The molecule has 24 heavy (non-hydrogen) atoms. The first-order chi connectivity index (χ1) is 11.5. The Hall–Kier alpha value is -1.66. The molecule has 0 radical (unpaired) electrons. The van der Waals surface area contributed by atoms with Crippen molar-refractivity contribution < 1.29 is 4.79 Å². The van der Waals surface area contributed by atoms with Gasteiger partial charge in [0.25, 0.3) is 5.91 Å². The van der Waals surface area contributed by atoms with Crippen LogP contribution >= 0.6 is 11.3 Å². The van der Waals surface area contributed by atoms with Crippen LogP contribution in [0.2, 0.25) is 0 Å². The van der Waals surface area contributed by atoms with Crippen molar-refractivity contribution in [3.05, 3.63) is 39.8 Å². The van der Waals surface area contributed by atoms with Gasteiger partial charge in [0, 0.05) is 28.5 Å². The number of nitrogens with one attached hydrogen (secondary N) is 1. The highest BCUT2D eigenvalue weighted by Crippen LogP contribution is 2.21. The van der Waals surface area contributed by atoms with Gasteiger partial charge in [-0.15, -0.1) is 11.3 Å². The highest BCUT2D eigenvalue weighted by Gasteiger charge is 2.23. The number of hydrogen-bond donors (Lipinski definition) is 1. The number of carbonyl (C=O) groups excluding carboxylic acids is 1. The lowest BCUT2D eigenvalue weighted by Crippen LogP contribution is -2.36. The lowest BCUT2D eigenvalue weighted by Gasteiger charge is -2.26. The van der Waals surface area contributed by atoms with Crippen LogP contribution in [0.25, 0.3) is 0 Å². The molecular weight excluding hydrogens is 320 g/mol. The first-order valence-corrected chi connectivity index (χ1v) is 9.48. The molecule has 5 nitrogen and oxygen atoms in total. The van der Waals surface area contributed by atoms with E-state index in [9.17, 15) is 4.79 Å². The molecule has 3 rings (SSSR count). The van der Waals surface area contributed by atoms with Crippen molar-refractivity contribution in [1.29, 1.82) is 0 Å². The zero-order chi connectivity index (χ0) is 17.1. The number of nitrogens with zero attached hydrogens (tertiary/aromatic N) is 3. The van der Waals surface area contributed by atoms with Crippen LogP contribution in [-0.4, -0.2) is 39.7 Å². The molecule has 0 aliphatic carbocycles. The molecule has 1 atom stereocenters. The highest BCUT2D eigenvalue weighted by molar-refractivity contribution is 7.11. The molecule has 0 saturated carbocycles. The number of hydrogen-bond acceptors (Lipinski definition) is 4. The summed E-state index contributed by atoms with van der Waals surface area (Å²) in [4.78, 5) is 17.3. The summed E-state index contributed by atoms with van der Waals surface area (Å²) in [7, 11) is 0. The van der Waals surface area contributed by atoms with Gasteiger partial charge in [-0.1, -0.05) is 0 Å². The molecule has 1 N–H and O–H groups in total. The van der Waals surface area contributed by atoms with E-state index in [1.165, 1.54) is 9.75 Å². The molecule has 1 unspecified atom stereocenters. The first kappa shape index (κ1) is 17.2. The fourth-order valence-corrected chi connectivity index (χ4v) is 3.98.